The molecule has 0 amide bonds. The maximum Gasteiger partial charge on any atom is 0.512 e. The van der Waals surface area contributed by atoms with Gasteiger partial charge in [0.2, 0.25) is 0 Å². The maximum absolute atomic E-state index is 12.2. The molecule has 0 radical (unpaired) electrons. The zero-order chi connectivity index (χ0) is 18.1. The Hall–Kier alpha value is -1.43. The predicted octanol–water partition coefficient (Wildman–Crippen LogP) is -0.469. The average Bonchev–Trinajstić information content (AvgIpc) is 2.98. The smallest absolute Gasteiger partial charge is 0.458 e. The first kappa shape index (κ1) is 17.4. The van der Waals surface area contributed by atoms with Crippen LogP contribution in [0.4, 0.5) is 13.2 Å². The van der Waals surface area contributed by atoms with Crippen LogP contribution in [-0.4, -0.2) is 40.5 Å². The molecule has 1 N–H and O–H groups in total. The monoisotopic (exact) mass is 390 g/mol. The molecule has 134 valence electrons. The average molecular weight is 390 g/mol. The molecule has 2 aliphatic carbocycles. The second kappa shape index (κ2) is 4.81. The van der Waals surface area contributed by atoms with Crippen molar-refractivity contribution in [2.24, 2.45) is 17.3 Å². The third kappa shape index (κ3) is 2.30. The number of nitrogens with zero attached hydrogens (tertiary/aromatic N) is 1. The third-order valence-electron chi connectivity index (χ3n) is 4.52. The molecule has 0 spiro atoms. The van der Waals surface area contributed by atoms with Crippen LogP contribution in [-0.2, 0) is 34.0 Å². The molecule has 3 fully saturated rings. The van der Waals surface area contributed by atoms with Crippen molar-refractivity contribution < 1.29 is 43.7 Å². The Kier molecular flexibility index (Phi) is 3.48. The summed E-state index contributed by atoms with van der Waals surface area (Å²) in [5.74, 6) is -2.10. The summed E-state index contributed by atoms with van der Waals surface area (Å²) in [7, 11) is -11.5. The van der Waals surface area contributed by atoms with Crippen LogP contribution in [0.5, 0.6) is 0 Å². The molecule has 5 atom stereocenters. The third-order valence-corrected chi connectivity index (χ3v) is 7.30. The second-order valence-electron chi connectivity index (χ2n) is 5.81. The van der Waals surface area contributed by atoms with E-state index in [9.17, 15) is 40.1 Å². The number of sulfonamides is 1. The Bertz CT molecular complexity index is 847. The number of nitrogens with one attached hydrogen (secondary N) is 1. The number of alkyl halides is 3. The van der Waals surface area contributed by atoms with E-state index in [-0.39, 0.29) is 12.8 Å². The zero-order valence-corrected chi connectivity index (χ0v) is 13.1. The fourth-order valence-electron chi connectivity index (χ4n) is 3.61. The Labute approximate surface area is 134 Å². The van der Waals surface area contributed by atoms with Gasteiger partial charge in [0.1, 0.15) is 12.2 Å². The molecular formula is C10H9F3N2O7S2. The zero-order valence-electron chi connectivity index (χ0n) is 11.5. The summed E-state index contributed by atoms with van der Waals surface area (Å²) >= 11 is 0. The molecule has 0 aromatic carbocycles. The van der Waals surface area contributed by atoms with Gasteiger partial charge in [-0.2, -0.15) is 26.9 Å². The van der Waals surface area contributed by atoms with E-state index in [1.165, 1.54) is 0 Å². The largest absolute Gasteiger partial charge is 0.512 e. The summed E-state index contributed by atoms with van der Waals surface area (Å²) < 4.78 is 91.7. The standard InChI is InChI=1S/C10H9F3N2O7S2/c11-10(12,13)23(17,18)15-24(19,20)22-6-4-1-5-7(6)21-8(16)9(5,2-4)3-14/h4-7,15H,1-2H2. The van der Waals surface area contributed by atoms with Crippen LogP contribution in [0.25, 0.3) is 0 Å². The quantitative estimate of drug-likeness (QED) is 0.636. The molecule has 0 aromatic heterocycles. The fraction of sp³-hybridized carbons (Fsp3) is 0.800. The van der Waals surface area contributed by atoms with Gasteiger partial charge in [0, 0.05) is 5.92 Å². The van der Waals surface area contributed by atoms with Gasteiger partial charge in [0.25, 0.3) is 0 Å². The van der Waals surface area contributed by atoms with Crippen LogP contribution in [0.1, 0.15) is 12.8 Å². The molecule has 1 heterocycles. The van der Waals surface area contributed by atoms with E-state index >= 15 is 0 Å². The number of carbonyl (C=O) groups excluding carboxylic acids is 1. The topological polar surface area (TPSA) is 140 Å². The molecule has 1 saturated heterocycles. The fourth-order valence-corrected chi connectivity index (χ4v) is 5.77. The van der Waals surface area contributed by atoms with Gasteiger partial charge in [-0.3, -0.25) is 4.79 Å². The normalized spacial score (nSPS) is 38.2. The molecular weight excluding hydrogens is 381 g/mol. The number of hydrogen-bond acceptors (Lipinski definition) is 8. The number of fused-ring (bicyclic) bond motifs is 1. The number of hydrogen-bond donors (Lipinski definition) is 1. The molecule has 2 saturated carbocycles. The number of halogens is 3. The Balaban J connectivity index is 1.80. The van der Waals surface area contributed by atoms with Gasteiger partial charge >= 0.3 is 31.8 Å². The van der Waals surface area contributed by atoms with Gasteiger partial charge < -0.3 is 4.74 Å². The summed E-state index contributed by atoms with van der Waals surface area (Å²) in [6.07, 6.45) is -2.31. The van der Waals surface area contributed by atoms with Crippen molar-refractivity contribution in [2.75, 3.05) is 0 Å². The summed E-state index contributed by atoms with van der Waals surface area (Å²) in [6.45, 7) is 0. The highest BCUT2D eigenvalue weighted by Crippen LogP contribution is 2.62. The molecule has 5 unspecified atom stereocenters. The van der Waals surface area contributed by atoms with Crippen LogP contribution >= 0.6 is 0 Å². The van der Waals surface area contributed by atoms with Gasteiger partial charge in [-0.15, -0.1) is 0 Å². The molecule has 9 nitrogen and oxygen atoms in total. The van der Waals surface area contributed by atoms with E-state index in [1.807, 2.05) is 6.07 Å². The lowest BCUT2D eigenvalue weighted by Gasteiger charge is -2.27. The summed E-state index contributed by atoms with van der Waals surface area (Å²) in [5.41, 5.74) is -7.24. The van der Waals surface area contributed by atoms with Crippen molar-refractivity contribution in [3.05, 3.63) is 0 Å². The molecule has 14 heteroatoms. The minimum Gasteiger partial charge on any atom is -0.458 e. The Morgan fingerprint density at radius 2 is 1.96 bits per heavy atom. The lowest BCUT2D eigenvalue weighted by Crippen LogP contribution is -2.45. The van der Waals surface area contributed by atoms with Crippen LogP contribution in [0.2, 0.25) is 0 Å². The lowest BCUT2D eigenvalue weighted by atomic mass is 9.75. The maximum atomic E-state index is 12.2. The molecule has 0 aromatic rings. The van der Waals surface area contributed by atoms with Crippen molar-refractivity contribution in [3.8, 4) is 6.07 Å². The number of nitriles is 1. The Morgan fingerprint density at radius 1 is 1.33 bits per heavy atom. The Morgan fingerprint density at radius 3 is 2.50 bits per heavy atom. The molecule has 3 rings (SSSR count). The van der Waals surface area contributed by atoms with Gasteiger partial charge in [-0.25, -0.2) is 12.6 Å². The second-order valence-corrected chi connectivity index (χ2v) is 9.04. The predicted molar refractivity (Wildman–Crippen MR) is 66.0 cm³/mol. The van der Waals surface area contributed by atoms with E-state index in [0.29, 0.717) is 4.13 Å². The summed E-state index contributed by atoms with van der Waals surface area (Å²) in [4.78, 5) is 11.8. The van der Waals surface area contributed by atoms with Crippen molar-refractivity contribution >= 4 is 26.3 Å². The van der Waals surface area contributed by atoms with Crippen LogP contribution in [0.15, 0.2) is 0 Å². The lowest BCUT2D eigenvalue weighted by molar-refractivity contribution is -0.147. The van der Waals surface area contributed by atoms with Gasteiger partial charge in [-0.1, -0.05) is 4.13 Å². The van der Waals surface area contributed by atoms with Gasteiger partial charge in [0.15, 0.2) is 5.41 Å². The van der Waals surface area contributed by atoms with Crippen molar-refractivity contribution in [1.82, 2.24) is 4.13 Å². The summed E-state index contributed by atoms with van der Waals surface area (Å²) in [5, 5.41) is 9.17. The SMILES string of the molecule is N#CC12CC3CC1C(OC2=O)C3OS(=O)(=O)NS(=O)(=O)C(F)(F)F. The first-order valence-electron chi connectivity index (χ1n) is 6.48. The van der Waals surface area contributed by atoms with E-state index in [1.54, 1.807) is 0 Å². The van der Waals surface area contributed by atoms with Crippen LogP contribution < -0.4 is 4.13 Å². The number of esters is 1. The van der Waals surface area contributed by atoms with Crippen molar-refractivity contribution in [2.45, 2.75) is 30.6 Å². The summed E-state index contributed by atoms with van der Waals surface area (Å²) in [6, 6.07) is 1.85. The molecule has 3 aliphatic rings. The minimum atomic E-state index is -6.17. The highest BCUT2D eigenvalue weighted by molar-refractivity contribution is 8.03. The van der Waals surface area contributed by atoms with E-state index in [2.05, 4.69) is 4.18 Å². The van der Waals surface area contributed by atoms with Crippen molar-refractivity contribution in [1.29, 1.82) is 5.26 Å². The molecule has 2 bridgehead atoms. The van der Waals surface area contributed by atoms with Crippen LogP contribution in [0.3, 0.4) is 0 Å². The number of rotatable bonds is 4. The van der Waals surface area contributed by atoms with Crippen LogP contribution in [0, 0.1) is 28.6 Å². The minimum absolute atomic E-state index is 0.0598. The first-order valence-corrected chi connectivity index (χ1v) is 9.37. The highest BCUT2D eigenvalue weighted by atomic mass is 32.3. The molecule has 24 heavy (non-hydrogen) atoms. The van der Waals surface area contributed by atoms with Crippen molar-refractivity contribution in [3.63, 3.8) is 0 Å². The van der Waals surface area contributed by atoms with Gasteiger partial charge in [0.05, 0.1) is 6.07 Å². The van der Waals surface area contributed by atoms with E-state index in [0.717, 1.165) is 0 Å². The van der Waals surface area contributed by atoms with E-state index in [4.69, 9.17) is 4.74 Å². The molecule has 1 aliphatic heterocycles. The van der Waals surface area contributed by atoms with Gasteiger partial charge in [-0.05, 0) is 18.8 Å². The number of carbonyl (C=O) groups is 1. The first-order chi connectivity index (χ1) is 10.8. The van der Waals surface area contributed by atoms with E-state index < -0.39 is 61.3 Å². The number of ether oxygens (including phenoxy) is 1. The highest BCUT2D eigenvalue weighted by Gasteiger charge is 2.72.